The summed E-state index contributed by atoms with van der Waals surface area (Å²) in [7, 11) is 0. The van der Waals surface area contributed by atoms with Crippen LogP contribution in [0, 0.1) is 0 Å². The second-order valence-corrected chi connectivity index (χ2v) is 5.51. The summed E-state index contributed by atoms with van der Waals surface area (Å²) in [6, 6.07) is 7.90. The highest BCUT2D eigenvalue weighted by Gasteiger charge is 2.21. The topological polar surface area (TPSA) is 79.3 Å². The smallest absolute Gasteiger partial charge is 0.326 e. The van der Waals surface area contributed by atoms with Gasteiger partial charge in [0, 0.05) is 17.1 Å². The summed E-state index contributed by atoms with van der Waals surface area (Å²) in [5.74, 6) is -0.730. The minimum absolute atomic E-state index is 0.387. The Morgan fingerprint density at radius 3 is 2.86 bits per heavy atom. The van der Waals surface area contributed by atoms with Crippen LogP contribution in [0.3, 0.4) is 0 Å². The fourth-order valence-corrected chi connectivity index (χ4v) is 2.50. The van der Waals surface area contributed by atoms with Crippen LogP contribution in [0.2, 0.25) is 0 Å². The number of thioether (sulfide) groups is 1. The van der Waals surface area contributed by atoms with Crippen molar-refractivity contribution in [1.29, 1.82) is 0 Å². The summed E-state index contributed by atoms with van der Waals surface area (Å²) >= 11 is 1.55. The molecule has 0 aliphatic heterocycles. The lowest BCUT2D eigenvalue weighted by molar-refractivity contribution is -0.139. The van der Waals surface area contributed by atoms with Gasteiger partial charge in [-0.15, -0.1) is 0 Å². The van der Waals surface area contributed by atoms with Crippen LogP contribution in [-0.4, -0.2) is 40.0 Å². The molecule has 0 saturated heterocycles. The first-order valence-electron chi connectivity index (χ1n) is 6.50. The molecule has 1 atom stereocenters. The Morgan fingerprint density at radius 2 is 2.14 bits per heavy atom. The quantitative estimate of drug-likeness (QED) is 0.855. The molecule has 0 aliphatic carbocycles. The zero-order valence-electron chi connectivity index (χ0n) is 11.6. The predicted molar refractivity (Wildman–Crippen MR) is 83.6 cm³/mol. The number of carboxylic acid groups (broad SMARTS) is 1. The standard InChI is InChI=1S/C15H16N2O3S/c1-21-9-7-13(15(19)20)17-14(18)11-4-2-6-12-10(11)5-3-8-16-12/h2-6,8,13H,7,9H2,1H3,(H,17,18)(H,19,20). The molecule has 2 N–H and O–H groups in total. The third-order valence-electron chi connectivity index (χ3n) is 3.10. The Bertz CT molecular complexity index is 655. The number of nitrogens with one attached hydrogen (secondary N) is 1. The van der Waals surface area contributed by atoms with Gasteiger partial charge in [0.15, 0.2) is 0 Å². The number of carbonyl (C=O) groups is 2. The largest absolute Gasteiger partial charge is 0.480 e. The van der Waals surface area contributed by atoms with E-state index in [-0.39, 0.29) is 5.91 Å². The Balaban J connectivity index is 2.23. The van der Waals surface area contributed by atoms with E-state index in [1.165, 1.54) is 0 Å². The van der Waals surface area contributed by atoms with E-state index in [1.54, 1.807) is 42.2 Å². The van der Waals surface area contributed by atoms with Gasteiger partial charge >= 0.3 is 5.97 Å². The van der Waals surface area contributed by atoms with Gasteiger partial charge in [0.25, 0.3) is 5.91 Å². The number of fused-ring (bicyclic) bond motifs is 1. The minimum atomic E-state index is -1.02. The van der Waals surface area contributed by atoms with Crippen molar-refractivity contribution in [2.24, 2.45) is 0 Å². The van der Waals surface area contributed by atoms with Crippen LogP contribution in [0.1, 0.15) is 16.8 Å². The van der Waals surface area contributed by atoms with Crippen LogP contribution < -0.4 is 5.32 Å². The molecule has 1 amide bonds. The second-order valence-electron chi connectivity index (χ2n) is 4.52. The van der Waals surface area contributed by atoms with Crippen molar-refractivity contribution in [3.05, 3.63) is 42.1 Å². The molecule has 5 nitrogen and oxygen atoms in total. The average molecular weight is 304 g/mol. The molecule has 6 heteroatoms. The number of aliphatic carboxylic acids is 1. The lowest BCUT2D eigenvalue weighted by atomic mass is 10.1. The summed E-state index contributed by atoms with van der Waals surface area (Å²) in [5, 5.41) is 12.5. The molecule has 1 aromatic heterocycles. The first-order chi connectivity index (χ1) is 10.1. The van der Waals surface area contributed by atoms with Crippen LogP contribution in [0.5, 0.6) is 0 Å². The van der Waals surface area contributed by atoms with Crippen LogP contribution in [0.15, 0.2) is 36.5 Å². The molecular formula is C15H16N2O3S. The van der Waals surface area contributed by atoms with Crippen LogP contribution in [0.4, 0.5) is 0 Å². The Labute approximate surface area is 126 Å². The number of benzene rings is 1. The number of rotatable bonds is 6. The van der Waals surface area contributed by atoms with Gasteiger partial charge in [-0.05, 0) is 36.6 Å². The maximum atomic E-state index is 12.3. The molecule has 0 radical (unpaired) electrons. The molecule has 1 heterocycles. The third kappa shape index (κ3) is 3.72. The molecule has 110 valence electrons. The Hall–Kier alpha value is -2.08. The van der Waals surface area contributed by atoms with Crippen LogP contribution >= 0.6 is 11.8 Å². The van der Waals surface area contributed by atoms with Gasteiger partial charge in [-0.25, -0.2) is 4.79 Å². The maximum Gasteiger partial charge on any atom is 0.326 e. The van der Waals surface area contributed by atoms with E-state index in [1.807, 2.05) is 12.3 Å². The highest BCUT2D eigenvalue weighted by molar-refractivity contribution is 7.98. The van der Waals surface area contributed by atoms with Gasteiger partial charge in [-0.3, -0.25) is 9.78 Å². The number of pyridine rings is 1. The maximum absolute atomic E-state index is 12.3. The van der Waals surface area contributed by atoms with Gasteiger partial charge in [0.1, 0.15) is 6.04 Å². The summed E-state index contributed by atoms with van der Waals surface area (Å²) in [5.41, 5.74) is 1.15. The Morgan fingerprint density at radius 1 is 1.33 bits per heavy atom. The number of aromatic nitrogens is 1. The van der Waals surface area contributed by atoms with E-state index in [2.05, 4.69) is 10.3 Å². The fraction of sp³-hybridized carbons (Fsp3) is 0.267. The van der Waals surface area contributed by atoms with Gasteiger partial charge in [0.05, 0.1) is 5.52 Å². The number of hydrogen-bond donors (Lipinski definition) is 2. The van der Waals surface area contributed by atoms with Crippen molar-refractivity contribution < 1.29 is 14.7 Å². The van der Waals surface area contributed by atoms with Crippen LogP contribution in [-0.2, 0) is 4.79 Å². The zero-order valence-corrected chi connectivity index (χ0v) is 12.4. The molecule has 1 unspecified atom stereocenters. The molecule has 1 aromatic carbocycles. The molecular weight excluding hydrogens is 288 g/mol. The fourth-order valence-electron chi connectivity index (χ4n) is 2.03. The summed E-state index contributed by atoms with van der Waals surface area (Å²) in [6.07, 6.45) is 3.95. The van der Waals surface area contributed by atoms with Crippen molar-refractivity contribution >= 4 is 34.5 Å². The zero-order chi connectivity index (χ0) is 15.2. The lowest BCUT2D eigenvalue weighted by Gasteiger charge is -2.14. The van der Waals surface area contributed by atoms with E-state index in [4.69, 9.17) is 0 Å². The van der Waals surface area contributed by atoms with Crippen molar-refractivity contribution in [2.45, 2.75) is 12.5 Å². The lowest BCUT2D eigenvalue weighted by Crippen LogP contribution is -2.41. The van der Waals surface area contributed by atoms with E-state index in [0.717, 1.165) is 0 Å². The molecule has 2 aromatic rings. The molecule has 0 saturated carbocycles. The highest BCUT2D eigenvalue weighted by atomic mass is 32.2. The predicted octanol–water partition coefficient (Wildman–Crippen LogP) is 2.17. The summed E-state index contributed by atoms with van der Waals surface area (Å²) < 4.78 is 0. The average Bonchev–Trinajstić information content (AvgIpc) is 2.50. The first-order valence-corrected chi connectivity index (χ1v) is 7.89. The van der Waals surface area contributed by atoms with Crippen molar-refractivity contribution in [2.75, 3.05) is 12.0 Å². The molecule has 0 aliphatic rings. The van der Waals surface area contributed by atoms with E-state index < -0.39 is 12.0 Å². The molecule has 0 fully saturated rings. The number of carboxylic acids is 1. The van der Waals surface area contributed by atoms with Gasteiger partial charge in [0.2, 0.25) is 0 Å². The molecule has 0 bridgehead atoms. The SMILES string of the molecule is CSCCC(NC(=O)c1cccc2ncccc12)C(=O)O. The van der Waals surface area contributed by atoms with E-state index in [0.29, 0.717) is 28.6 Å². The number of hydrogen-bond acceptors (Lipinski definition) is 4. The number of amides is 1. The van der Waals surface area contributed by atoms with E-state index >= 15 is 0 Å². The highest BCUT2D eigenvalue weighted by Crippen LogP contribution is 2.16. The second kappa shape index (κ2) is 7.08. The molecule has 0 spiro atoms. The van der Waals surface area contributed by atoms with Crippen LogP contribution in [0.25, 0.3) is 10.9 Å². The normalized spacial score (nSPS) is 12.0. The minimum Gasteiger partial charge on any atom is -0.480 e. The molecule has 2 rings (SSSR count). The van der Waals surface area contributed by atoms with Crippen molar-refractivity contribution in [3.63, 3.8) is 0 Å². The number of carbonyl (C=O) groups excluding carboxylic acids is 1. The van der Waals surface area contributed by atoms with Gasteiger partial charge in [-0.1, -0.05) is 12.1 Å². The molecule has 21 heavy (non-hydrogen) atoms. The summed E-state index contributed by atoms with van der Waals surface area (Å²) in [4.78, 5) is 27.7. The van der Waals surface area contributed by atoms with Crippen molar-refractivity contribution in [1.82, 2.24) is 10.3 Å². The van der Waals surface area contributed by atoms with Gasteiger partial charge in [-0.2, -0.15) is 11.8 Å². The van der Waals surface area contributed by atoms with E-state index in [9.17, 15) is 14.7 Å². The first kappa shape index (κ1) is 15.3. The summed E-state index contributed by atoms with van der Waals surface area (Å²) in [6.45, 7) is 0. The third-order valence-corrected chi connectivity index (χ3v) is 3.75. The Kier molecular flexibility index (Phi) is 5.16. The monoisotopic (exact) mass is 304 g/mol. The van der Waals surface area contributed by atoms with Gasteiger partial charge < -0.3 is 10.4 Å². The van der Waals surface area contributed by atoms with Crippen molar-refractivity contribution in [3.8, 4) is 0 Å². The number of nitrogens with zero attached hydrogens (tertiary/aromatic N) is 1.